The lowest BCUT2D eigenvalue weighted by Crippen LogP contribution is -2.39. The van der Waals surface area contributed by atoms with Crippen molar-refractivity contribution in [2.75, 3.05) is 13.1 Å². The van der Waals surface area contributed by atoms with Gasteiger partial charge in [-0.25, -0.2) is 0 Å². The molecular formula is C12H16BF3N-. The van der Waals surface area contributed by atoms with E-state index >= 15 is 0 Å². The highest BCUT2D eigenvalue weighted by atomic mass is 19.4. The summed E-state index contributed by atoms with van der Waals surface area (Å²) in [5.41, 5.74) is -0.0139. The first-order valence-electron chi connectivity index (χ1n) is 6.07. The molecular weight excluding hydrogens is 226 g/mol. The Bertz CT molecular complexity index is 372. The molecule has 0 spiro atoms. The van der Waals surface area contributed by atoms with Crippen LogP contribution in [0.15, 0.2) is 24.3 Å². The second kappa shape index (κ2) is 5.13. The maximum atomic E-state index is 12.8. The molecule has 1 heterocycles. The molecule has 1 fully saturated rings. The van der Waals surface area contributed by atoms with Gasteiger partial charge >= 0.3 is 6.98 Å². The predicted octanol–water partition coefficient (Wildman–Crippen LogP) is 2.73. The van der Waals surface area contributed by atoms with Crippen molar-refractivity contribution < 1.29 is 12.9 Å². The number of hydrogen-bond donors (Lipinski definition) is 0. The molecule has 0 unspecified atom stereocenters. The molecule has 0 N–H and O–H groups in total. The zero-order valence-electron chi connectivity index (χ0n) is 9.71. The van der Waals surface area contributed by atoms with Crippen LogP contribution in [0.3, 0.4) is 0 Å². The van der Waals surface area contributed by atoms with Gasteiger partial charge < -0.3 is 12.9 Å². The second-order valence-corrected chi connectivity index (χ2v) is 4.61. The maximum absolute atomic E-state index is 12.8. The SMILES string of the molecule is F[B-](F)(F)c1ccccc1CN1CCCCC1. The normalized spacial score (nSPS) is 18.3. The monoisotopic (exact) mass is 242 g/mol. The first kappa shape index (κ1) is 12.5. The van der Waals surface area contributed by atoms with Gasteiger partial charge in [-0.1, -0.05) is 36.2 Å². The highest BCUT2D eigenvalue weighted by molar-refractivity contribution is 6.74. The van der Waals surface area contributed by atoms with E-state index in [2.05, 4.69) is 4.90 Å². The van der Waals surface area contributed by atoms with Gasteiger partial charge in [-0.15, -0.1) is 5.46 Å². The summed E-state index contributed by atoms with van der Waals surface area (Å²) in [6, 6.07) is 5.94. The Kier molecular flexibility index (Phi) is 3.77. The molecule has 5 heteroatoms. The highest BCUT2D eigenvalue weighted by Crippen LogP contribution is 2.16. The van der Waals surface area contributed by atoms with Crippen LogP contribution in [0.4, 0.5) is 12.9 Å². The standard InChI is InChI=1S/C12H16BF3N/c14-13(15,16)12-7-3-2-6-11(12)10-17-8-4-1-5-9-17/h2-3,6-7H,1,4-5,8-10H2/q-1. The zero-order valence-corrected chi connectivity index (χ0v) is 9.71. The summed E-state index contributed by atoms with van der Waals surface area (Å²) in [5.74, 6) is 0. The second-order valence-electron chi connectivity index (χ2n) is 4.61. The van der Waals surface area contributed by atoms with E-state index in [1.54, 1.807) is 12.1 Å². The van der Waals surface area contributed by atoms with E-state index in [0.29, 0.717) is 12.1 Å². The van der Waals surface area contributed by atoms with Gasteiger partial charge in [0, 0.05) is 6.54 Å². The van der Waals surface area contributed by atoms with Crippen molar-refractivity contribution in [3.05, 3.63) is 29.8 Å². The average molecular weight is 242 g/mol. The van der Waals surface area contributed by atoms with Crippen molar-refractivity contribution in [3.8, 4) is 0 Å². The van der Waals surface area contributed by atoms with Gasteiger partial charge in [0.05, 0.1) is 0 Å². The van der Waals surface area contributed by atoms with E-state index in [4.69, 9.17) is 0 Å². The lowest BCUT2D eigenvalue weighted by Gasteiger charge is -2.29. The molecule has 0 aliphatic carbocycles. The Morgan fingerprint density at radius 2 is 1.65 bits per heavy atom. The van der Waals surface area contributed by atoms with Gasteiger partial charge in [-0.3, -0.25) is 4.90 Å². The molecule has 1 aromatic carbocycles. The number of hydrogen-bond acceptors (Lipinski definition) is 1. The Morgan fingerprint density at radius 3 is 2.29 bits per heavy atom. The van der Waals surface area contributed by atoms with Crippen molar-refractivity contribution in [1.82, 2.24) is 4.90 Å². The number of piperidine rings is 1. The third-order valence-corrected chi connectivity index (χ3v) is 3.25. The third kappa shape index (κ3) is 3.25. The Labute approximate surface area is 99.7 Å². The molecule has 0 radical (unpaired) electrons. The van der Waals surface area contributed by atoms with Crippen molar-refractivity contribution in [1.29, 1.82) is 0 Å². The van der Waals surface area contributed by atoms with Crippen LogP contribution in [0.1, 0.15) is 24.8 Å². The van der Waals surface area contributed by atoms with Crippen LogP contribution in [-0.2, 0) is 6.54 Å². The molecule has 0 saturated carbocycles. The fraction of sp³-hybridized carbons (Fsp3) is 0.500. The van der Waals surface area contributed by atoms with E-state index in [-0.39, 0.29) is 0 Å². The third-order valence-electron chi connectivity index (χ3n) is 3.25. The molecule has 1 nitrogen and oxygen atoms in total. The molecule has 0 aromatic heterocycles. The summed E-state index contributed by atoms with van der Waals surface area (Å²) in [4.78, 5) is 2.12. The van der Waals surface area contributed by atoms with Crippen molar-refractivity contribution in [2.24, 2.45) is 0 Å². The Balaban J connectivity index is 2.14. The van der Waals surface area contributed by atoms with Gasteiger partial charge in [0.15, 0.2) is 0 Å². The van der Waals surface area contributed by atoms with Gasteiger partial charge in [0.2, 0.25) is 0 Å². The highest BCUT2D eigenvalue weighted by Gasteiger charge is 2.28. The number of rotatable bonds is 3. The summed E-state index contributed by atoms with van der Waals surface area (Å²) in [5, 5.41) is 0. The minimum absolute atomic E-state index is 0.418. The minimum atomic E-state index is -4.89. The van der Waals surface area contributed by atoms with E-state index < -0.39 is 12.4 Å². The molecule has 1 aliphatic rings. The van der Waals surface area contributed by atoms with E-state index in [9.17, 15) is 12.9 Å². The molecule has 1 saturated heterocycles. The van der Waals surface area contributed by atoms with Crippen molar-refractivity contribution in [3.63, 3.8) is 0 Å². The minimum Gasteiger partial charge on any atom is -0.445 e. The quantitative estimate of drug-likeness (QED) is 0.736. The molecule has 2 rings (SSSR count). The molecule has 0 atom stereocenters. The fourth-order valence-electron chi connectivity index (χ4n) is 2.36. The van der Waals surface area contributed by atoms with Crippen LogP contribution in [0.25, 0.3) is 0 Å². The average Bonchev–Trinajstić information content (AvgIpc) is 2.30. The van der Waals surface area contributed by atoms with Crippen LogP contribution in [0, 0.1) is 0 Å². The summed E-state index contributed by atoms with van der Waals surface area (Å²) in [6.07, 6.45) is 3.39. The van der Waals surface area contributed by atoms with Gasteiger partial charge in [-0.05, 0) is 25.9 Å². The summed E-state index contributed by atoms with van der Waals surface area (Å²) < 4.78 is 38.5. The molecule has 0 bridgehead atoms. The Hall–Kier alpha value is -0.965. The fourth-order valence-corrected chi connectivity index (χ4v) is 2.36. The van der Waals surface area contributed by atoms with E-state index in [0.717, 1.165) is 25.9 Å². The topological polar surface area (TPSA) is 3.24 Å². The number of nitrogens with zero attached hydrogens (tertiary/aromatic N) is 1. The molecule has 1 aliphatic heterocycles. The van der Waals surface area contributed by atoms with Gasteiger partial charge in [-0.2, -0.15) is 0 Å². The maximum Gasteiger partial charge on any atom is 0.509 e. The first-order valence-corrected chi connectivity index (χ1v) is 6.07. The molecule has 0 amide bonds. The summed E-state index contributed by atoms with van der Waals surface area (Å²) >= 11 is 0. The van der Waals surface area contributed by atoms with E-state index in [1.807, 2.05) is 0 Å². The predicted molar refractivity (Wildman–Crippen MR) is 64.3 cm³/mol. The van der Waals surface area contributed by atoms with E-state index in [1.165, 1.54) is 18.6 Å². The lowest BCUT2D eigenvalue weighted by atomic mass is 9.76. The van der Waals surface area contributed by atoms with Gasteiger partial charge in [0.25, 0.3) is 0 Å². The zero-order chi connectivity index (χ0) is 12.3. The molecule has 94 valence electrons. The Morgan fingerprint density at radius 1 is 1.00 bits per heavy atom. The van der Waals surface area contributed by atoms with Crippen molar-refractivity contribution in [2.45, 2.75) is 25.8 Å². The van der Waals surface area contributed by atoms with Crippen LogP contribution in [-0.4, -0.2) is 25.0 Å². The molecule has 1 aromatic rings. The molecule has 17 heavy (non-hydrogen) atoms. The van der Waals surface area contributed by atoms with Crippen LogP contribution in [0.5, 0.6) is 0 Å². The first-order chi connectivity index (χ1) is 8.07. The van der Waals surface area contributed by atoms with Gasteiger partial charge in [0.1, 0.15) is 0 Å². The summed E-state index contributed by atoms with van der Waals surface area (Å²) in [7, 11) is 0. The number of likely N-dealkylation sites (tertiary alicyclic amines) is 1. The lowest BCUT2D eigenvalue weighted by molar-refractivity contribution is 0.221. The van der Waals surface area contributed by atoms with Crippen molar-refractivity contribution >= 4 is 12.4 Å². The number of benzene rings is 1. The van der Waals surface area contributed by atoms with Crippen LogP contribution >= 0.6 is 0 Å². The largest absolute Gasteiger partial charge is 0.509 e. The van der Waals surface area contributed by atoms with Crippen LogP contribution in [0.2, 0.25) is 0 Å². The summed E-state index contributed by atoms with van der Waals surface area (Å²) in [6.45, 7) is -2.63. The smallest absolute Gasteiger partial charge is 0.445 e. The number of halogens is 3. The van der Waals surface area contributed by atoms with Crippen LogP contribution < -0.4 is 5.46 Å².